The van der Waals surface area contributed by atoms with Crippen molar-refractivity contribution in [2.24, 2.45) is 0 Å². The number of carbonyl (C=O) groups excluding carboxylic acids is 1. The third-order valence-corrected chi connectivity index (χ3v) is 4.70. The van der Waals surface area contributed by atoms with Crippen molar-refractivity contribution in [1.29, 1.82) is 0 Å². The lowest BCUT2D eigenvalue weighted by Crippen LogP contribution is -2.47. The minimum atomic E-state index is 0.0318. The molecular formula is C13H19NO2S. The number of nitrogens with zero attached hydrogens (tertiary/aromatic N) is 1. The highest BCUT2D eigenvalue weighted by molar-refractivity contribution is 8.00. The summed E-state index contributed by atoms with van der Waals surface area (Å²) in [7, 11) is 0. The second-order valence-electron chi connectivity index (χ2n) is 4.43. The Morgan fingerprint density at radius 1 is 1.53 bits per heavy atom. The molecule has 0 aromatic carbocycles. The number of furan rings is 1. The van der Waals surface area contributed by atoms with Crippen molar-refractivity contribution in [2.75, 3.05) is 12.3 Å². The van der Waals surface area contributed by atoms with Gasteiger partial charge in [-0.2, -0.15) is 11.8 Å². The fraction of sp³-hybridized carbons (Fsp3) is 0.615. The van der Waals surface area contributed by atoms with Crippen LogP contribution in [-0.4, -0.2) is 34.4 Å². The second-order valence-corrected chi connectivity index (χ2v) is 5.92. The predicted molar refractivity (Wildman–Crippen MR) is 70.5 cm³/mol. The zero-order chi connectivity index (χ0) is 12.4. The van der Waals surface area contributed by atoms with E-state index in [0.29, 0.717) is 11.0 Å². The SMILES string of the molecule is CCc1ccc(C(=O)N2CCSC(C)C2C)o1. The Bertz CT molecular complexity index is 402. The minimum Gasteiger partial charge on any atom is -0.456 e. The molecule has 4 heteroatoms. The summed E-state index contributed by atoms with van der Waals surface area (Å²) in [6.45, 7) is 7.12. The molecule has 17 heavy (non-hydrogen) atoms. The highest BCUT2D eigenvalue weighted by Crippen LogP contribution is 2.26. The number of hydrogen-bond acceptors (Lipinski definition) is 3. The van der Waals surface area contributed by atoms with Gasteiger partial charge in [-0.05, 0) is 19.1 Å². The molecule has 1 aliphatic rings. The summed E-state index contributed by atoms with van der Waals surface area (Å²) in [6, 6.07) is 3.96. The lowest BCUT2D eigenvalue weighted by Gasteiger charge is -2.36. The van der Waals surface area contributed by atoms with Crippen LogP contribution in [0.4, 0.5) is 0 Å². The standard InChI is InChI=1S/C13H19NO2S/c1-4-11-5-6-12(16-11)13(15)14-7-8-17-10(3)9(14)2/h5-6,9-10H,4,7-8H2,1-3H3. The van der Waals surface area contributed by atoms with Crippen LogP contribution in [0.5, 0.6) is 0 Å². The van der Waals surface area contributed by atoms with Crippen LogP contribution in [0.3, 0.4) is 0 Å². The van der Waals surface area contributed by atoms with Gasteiger partial charge in [0, 0.05) is 30.0 Å². The maximum Gasteiger partial charge on any atom is 0.289 e. The van der Waals surface area contributed by atoms with Crippen LogP contribution >= 0.6 is 11.8 Å². The van der Waals surface area contributed by atoms with Gasteiger partial charge in [0.2, 0.25) is 0 Å². The van der Waals surface area contributed by atoms with E-state index in [1.54, 1.807) is 6.07 Å². The minimum absolute atomic E-state index is 0.0318. The highest BCUT2D eigenvalue weighted by atomic mass is 32.2. The van der Waals surface area contributed by atoms with E-state index in [9.17, 15) is 4.79 Å². The van der Waals surface area contributed by atoms with Gasteiger partial charge in [0.25, 0.3) is 5.91 Å². The average Bonchev–Trinajstić information content (AvgIpc) is 2.80. The Kier molecular flexibility index (Phi) is 3.82. The normalized spacial score (nSPS) is 25.0. The molecule has 2 heterocycles. The number of aryl methyl sites for hydroxylation is 1. The van der Waals surface area contributed by atoms with Crippen molar-refractivity contribution in [3.8, 4) is 0 Å². The first-order valence-corrected chi connectivity index (χ1v) is 7.19. The zero-order valence-corrected chi connectivity index (χ0v) is 11.4. The van der Waals surface area contributed by atoms with E-state index in [2.05, 4.69) is 13.8 Å². The molecule has 1 fully saturated rings. The van der Waals surface area contributed by atoms with Gasteiger partial charge in [0.1, 0.15) is 5.76 Å². The molecule has 1 aromatic rings. The summed E-state index contributed by atoms with van der Waals surface area (Å²) in [5, 5.41) is 0.494. The van der Waals surface area contributed by atoms with Crippen molar-refractivity contribution in [3.05, 3.63) is 23.7 Å². The monoisotopic (exact) mass is 253 g/mol. The predicted octanol–water partition coefficient (Wildman–Crippen LogP) is 2.81. The topological polar surface area (TPSA) is 33.5 Å². The van der Waals surface area contributed by atoms with E-state index in [1.165, 1.54) is 0 Å². The van der Waals surface area contributed by atoms with Gasteiger partial charge >= 0.3 is 0 Å². The van der Waals surface area contributed by atoms with Crippen LogP contribution in [0.15, 0.2) is 16.5 Å². The number of amides is 1. The number of carbonyl (C=O) groups is 1. The molecule has 1 aromatic heterocycles. The summed E-state index contributed by atoms with van der Waals surface area (Å²) in [6.07, 6.45) is 0.828. The lowest BCUT2D eigenvalue weighted by atomic mass is 10.2. The van der Waals surface area contributed by atoms with Crippen LogP contribution in [0.1, 0.15) is 37.1 Å². The van der Waals surface area contributed by atoms with Gasteiger partial charge in [0.15, 0.2) is 5.76 Å². The third-order valence-electron chi connectivity index (χ3n) is 3.37. The summed E-state index contributed by atoms with van der Waals surface area (Å²) in [5.74, 6) is 2.40. The van der Waals surface area contributed by atoms with Crippen molar-refractivity contribution in [2.45, 2.75) is 38.5 Å². The summed E-state index contributed by atoms with van der Waals surface area (Å²) < 4.78 is 5.53. The Balaban J connectivity index is 2.13. The molecule has 0 spiro atoms. The molecule has 1 amide bonds. The lowest BCUT2D eigenvalue weighted by molar-refractivity contribution is 0.0664. The fourth-order valence-corrected chi connectivity index (χ4v) is 3.14. The Labute approximate surface area is 107 Å². The molecule has 1 aliphatic heterocycles. The van der Waals surface area contributed by atoms with Gasteiger partial charge in [-0.15, -0.1) is 0 Å². The van der Waals surface area contributed by atoms with Crippen molar-refractivity contribution in [3.63, 3.8) is 0 Å². The molecule has 0 radical (unpaired) electrons. The molecule has 1 saturated heterocycles. The largest absolute Gasteiger partial charge is 0.456 e. The number of rotatable bonds is 2. The molecule has 2 atom stereocenters. The summed E-state index contributed by atoms with van der Waals surface area (Å²) in [4.78, 5) is 14.2. The van der Waals surface area contributed by atoms with Crippen molar-refractivity contribution >= 4 is 17.7 Å². The molecule has 2 unspecified atom stereocenters. The van der Waals surface area contributed by atoms with Gasteiger partial charge in [0.05, 0.1) is 0 Å². The molecule has 0 aliphatic carbocycles. The Hall–Kier alpha value is -0.900. The van der Waals surface area contributed by atoms with E-state index >= 15 is 0 Å². The first kappa shape index (κ1) is 12.6. The Morgan fingerprint density at radius 3 is 2.94 bits per heavy atom. The summed E-state index contributed by atoms with van der Waals surface area (Å²) in [5.41, 5.74) is 0. The smallest absolute Gasteiger partial charge is 0.289 e. The maximum absolute atomic E-state index is 12.3. The van der Waals surface area contributed by atoms with E-state index < -0.39 is 0 Å². The van der Waals surface area contributed by atoms with Crippen LogP contribution in [-0.2, 0) is 6.42 Å². The molecule has 94 valence electrons. The highest BCUT2D eigenvalue weighted by Gasteiger charge is 2.30. The van der Waals surface area contributed by atoms with Crippen molar-refractivity contribution in [1.82, 2.24) is 4.90 Å². The number of hydrogen-bond donors (Lipinski definition) is 0. The van der Waals surface area contributed by atoms with Gasteiger partial charge < -0.3 is 9.32 Å². The first-order valence-electron chi connectivity index (χ1n) is 6.14. The van der Waals surface area contributed by atoms with Crippen LogP contribution in [0.2, 0.25) is 0 Å². The van der Waals surface area contributed by atoms with Crippen LogP contribution in [0.25, 0.3) is 0 Å². The van der Waals surface area contributed by atoms with Crippen molar-refractivity contribution < 1.29 is 9.21 Å². The van der Waals surface area contributed by atoms with Gasteiger partial charge in [-0.3, -0.25) is 4.79 Å². The number of thioether (sulfide) groups is 1. The second kappa shape index (κ2) is 5.17. The van der Waals surface area contributed by atoms with Crippen LogP contribution in [0, 0.1) is 0 Å². The summed E-state index contributed by atoms with van der Waals surface area (Å²) >= 11 is 1.93. The zero-order valence-electron chi connectivity index (χ0n) is 10.6. The molecule has 2 rings (SSSR count). The van der Waals surface area contributed by atoms with Crippen LogP contribution < -0.4 is 0 Å². The fourth-order valence-electron chi connectivity index (χ4n) is 2.04. The van der Waals surface area contributed by atoms with E-state index in [-0.39, 0.29) is 11.9 Å². The van der Waals surface area contributed by atoms with E-state index in [4.69, 9.17) is 4.42 Å². The van der Waals surface area contributed by atoms with Gasteiger partial charge in [-0.1, -0.05) is 13.8 Å². The molecule has 0 saturated carbocycles. The van der Waals surface area contributed by atoms with Gasteiger partial charge in [-0.25, -0.2) is 0 Å². The molecule has 0 N–H and O–H groups in total. The molecule has 3 nitrogen and oxygen atoms in total. The van der Waals surface area contributed by atoms with E-state index in [0.717, 1.165) is 24.5 Å². The third kappa shape index (κ3) is 2.51. The molecular weight excluding hydrogens is 234 g/mol. The Morgan fingerprint density at radius 2 is 2.29 bits per heavy atom. The first-order chi connectivity index (χ1) is 8.13. The average molecular weight is 253 g/mol. The maximum atomic E-state index is 12.3. The quantitative estimate of drug-likeness (QED) is 0.812. The molecule has 0 bridgehead atoms. The van der Waals surface area contributed by atoms with E-state index in [1.807, 2.05) is 29.7 Å².